The number of aryl methyl sites for hydroxylation is 1. The first-order valence-electron chi connectivity index (χ1n) is 8.33. The molecule has 1 N–H and O–H groups in total. The number of rotatable bonds is 3. The van der Waals surface area contributed by atoms with Crippen molar-refractivity contribution < 1.29 is 9.90 Å². The molecule has 2 atom stereocenters. The molecule has 0 unspecified atom stereocenters. The van der Waals surface area contributed by atoms with E-state index in [9.17, 15) is 9.90 Å². The number of benzene rings is 1. The van der Waals surface area contributed by atoms with Crippen molar-refractivity contribution in [2.24, 2.45) is 18.9 Å². The maximum atomic E-state index is 12.7. The van der Waals surface area contributed by atoms with Crippen molar-refractivity contribution in [1.82, 2.24) is 25.1 Å². The fraction of sp³-hybridized carbons (Fsp3) is 0.529. The number of nitrogens with zero attached hydrogens (tertiary/aromatic N) is 5. The molecule has 2 aliphatic rings. The standard InChI is InChI=1S/C17H21N5O2/c1-11-9-22(10-17(11,24)14-7-8-14)16(23)13-5-3-12(4-6-13)15-18-20-21(2)19-15/h3-6,11,14,24H,7-10H2,1-2H3/t11-,17+/m1/s1. The summed E-state index contributed by atoms with van der Waals surface area (Å²) in [6.07, 6.45) is 2.14. The number of likely N-dealkylation sites (tertiary alicyclic amines) is 1. The Morgan fingerprint density at radius 3 is 2.58 bits per heavy atom. The Hall–Kier alpha value is -2.28. The van der Waals surface area contributed by atoms with Gasteiger partial charge in [-0.25, -0.2) is 0 Å². The molecule has 0 spiro atoms. The minimum atomic E-state index is -0.709. The average molecular weight is 327 g/mol. The molecule has 1 aromatic heterocycles. The van der Waals surface area contributed by atoms with Crippen LogP contribution in [0.1, 0.15) is 30.1 Å². The SMILES string of the molecule is C[C@@H]1CN(C(=O)c2ccc(-c3nnn(C)n3)cc2)C[C@@]1(O)C1CC1. The highest BCUT2D eigenvalue weighted by atomic mass is 16.3. The molecule has 0 bridgehead atoms. The van der Waals surface area contributed by atoms with E-state index in [1.54, 1.807) is 24.1 Å². The van der Waals surface area contributed by atoms with Crippen LogP contribution in [0.2, 0.25) is 0 Å². The van der Waals surface area contributed by atoms with Gasteiger partial charge in [0.25, 0.3) is 5.91 Å². The smallest absolute Gasteiger partial charge is 0.253 e. The van der Waals surface area contributed by atoms with Crippen molar-refractivity contribution in [3.8, 4) is 11.4 Å². The molecule has 1 amide bonds. The number of β-amino-alcohol motifs (C(OH)–C–C–N with tert-alkyl or cyclic N) is 1. The van der Waals surface area contributed by atoms with Crippen LogP contribution in [0.3, 0.4) is 0 Å². The molecule has 1 aliphatic carbocycles. The van der Waals surface area contributed by atoms with Gasteiger partial charge in [-0.1, -0.05) is 19.1 Å². The van der Waals surface area contributed by atoms with E-state index in [4.69, 9.17) is 0 Å². The van der Waals surface area contributed by atoms with Crippen LogP contribution in [-0.2, 0) is 7.05 Å². The van der Waals surface area contributed by atoms with Crippen molar-refractivity contribution in [3.63, 3.8) is 0 Å². The topological polar surface area (TPSA) is 84.1 Å². The Morgan fingerprint density at radius 2 is 2.00 bits per heavy atom. The molecule has 2 fully saturated rings. The normalized spacial score (nSPS) is 26.8. The Kier molecular flexibility index (Phi) is 3.42. The second-order valence-corrected chi connectivity index (χ2v) is 7.03. The maximum absolute atomic E-state index is 12.7. The van der Waals surface area contributed by atoms with Crippen molar-refractivity contribution in [2.45, 2.75) is 25.4 Å². The molecule has 7 nitrogen and oxygen atoms in total. The molecule has 4 rings (SSSR count). The number of tetrazole rings is 1. The summed E-state index contributed by atoms with van der Waals surface area (Å²) in [5.74, 6) is 0.985. The van der Waals surface area contributed by atoms with Crippen molar-refractivity contribution in [1.29, 1.82) is 0 Å². The molecule has 1 saturated carbocycles. The molecule has 2 aromatic rings. The first kappa shape index (κ1) is 15.3. The fourth-order valence-corrected chi connectivity index (χ4v) is 3.63. The Labute approximate surface area is 140 Å². The zero-order valence-corrected chi connectivity index (χ0v) is 13.9. The van der Waals surface area contributed by atoms with Crippen LogP contribution in [0.4, 0.5) is 0 Å². The third kappa shape index (κ3) is 2.49. The highest BCUT2D eigenvalue weighted by molar-refractivity contribution is 5.95. The minimum Gasteiger partial charge on any atom is -0.387 e. The number of hydrogen-bond donors (Lipinski definition) is 1. The van der Waals surface area contributed by atoms with Crippen LogP contribution < -0.4 is 0 Å². The molecule has 126 valence electrons. The van der Waals surface area contributed by atoms with Gasteiger partial charge in [-0.2, -0.15) is 4.80 Å². The van der Waals surface area contributed by atoms with E-state index in [-0.39, 0.29) is 11.8 Å². The predicted octanol–water partition coefficient (Wildman–Crippen LogP) is 1.11. The van der Waals surface area contributed by atoms with Crippen LogP contribution >= 0.6 is 0 Å². The second-order valence-electron chi connectivity index (χ2n) is 7.03. The number of hydrogen-bond acceptors (Lipinski definition) is 5. The van der Waals surface area contributed by atoms with Crippen LogP contribution in [0.5, 0.6) is 0 Å². The Morgan fingerprint density at radius 1 is 1.29 bits per heavy atom. The van der Waals surface area contributed by atoms with Gasteiger partial charge in [0.1, 0.15) is 0 Å². The summed E-state index contributed by atoms with van der Waals surface area (Å²) in [4.78, 5) is 15.9. The maximum Gasteiger partial charge on any atom is 0.253 e. The number of aromatic nitrogens is 4. The van der Waals surface area contributed by atoms with Gasteiger partial charge in [-0.3, -0.25) is 4.79 Å². The summed E-state index contributed by atoms with van der Waals surface area (Å²) >= 11 is 0. The van der Waals surface area contributed by atoms with Crippen LogP contribution in [0, 0.1) is 11.8 Å². The minimum absolute atomic E-state index is 0.0305. The quantitative estimate of drug-likeness (QED) is 0.913. The summed E-state index contributed by atoms with van der Waals surface area (Å²) in [5, 5.41) is 22.8. The molecule has 2 heterocycles. The third-order valence-electron chi connectivity index (χ3n) is 5.26. The Balaban J connectivity index is 1.51. The third-order valence-corrected chi connectivity index (χ3v) is 5.26. The molecule has 0 radical (unpaired) electrons. The fourth-order valence-electron chi connectivity index (χ4n) is 3.63. The molecule has 1 aromatic carbocycles. The summed E-state index contributed by atoms with van der Waals surface area (Å²) in [6.45, 7) is 3.08. The lowest BCUT2D eigenvalue weighted by Crippen LogP contribution is -2.40. The summed E-state index contributed by atoms with van der Waals surface area (Å²) in [5.41, 5.74) is 0.734. The molecule has 1 aliphatic heterocycles. The molecular formula is C17H21N5O2. The first-order chi connectivity index (χ1) is 11.5. The molecule has 24 heavy (non-hydrogen) atoms. The van der Waals surface area contributed by atoms with E-state index in [1.807, 2.05) is 19.1 Å². The monoisotopic (exact) mass is 327 g/mol. The van der Waals surface area contributed by atoms with Gasteiger partial charge in [0, 0.05) is 23.6 Å². The summed E-state index contributed by atoms with van der Waals surface area (Å²) in [6, 6.07) is 7.23. The van der Waals surface area contributed by atoms with Crippen LogP contribution in [0.15, 0.2) is 24.3 Å². The number of amides is 1. The van der Waals surface area contributed by atoms with E-state index in [0.29, 0.717) is 30.4 Å². The van der Waals surface area contributed by atoms with Gasteiger partial charge in [0.2, 0.25) is 5.82 Å². The van der Waals surface area contributed by atoms with E-state index in [2.05, 4.69) is 15.4 Å². The van der Waals surface area contributed by atoms with Gasteiger partial charge in [0.15, 0.2) is 0 Å². The first-order valence-corrected chi connectivity index (χ1v) is 8.33. The van der Waals surface area contributed by atoms with Crippen LogP contribution in [0.25, 0.3) is 11.4 Å². The average Bonchev–Trinajstić information content (AvgIpc) is 3.29. The second kappa shape index (κ2) is 5.37. The van der Waals surface area contributed by atoms with Gasteiger partial charge in [-0.05, 0) is 36.1 Å². The van der Waals surface area contributed by atoms with Gasteiger partial charge < -0.3 is 10.0 Å². The number of carbonyl (C=O) groups excluding carboxylic acids is 1. The lowest BCUT2D eigenvalue weighted by atomic mass is 9.88. The van der Waals surface area contributed by atoms with Gasteiger partial charge in [-0.15, -0.1) is 10.2 Å². The highest BCUT2D eigenvalue weighted by Crippen LogP contribution is 2.47. The Bertz CT molecular complexity index is 768. The lowest BCUT2D eigenvalue weighted by Gasteiger charge is -2.26. The molecule has 7 heteroatoms. The van der Waals surface area contributed by atoms with E-state index in [1.165, 1.54) is 4.80 Å². The van der Waals surface area contributed by atoms with Gasteiger partial charge in [0.05, 0.1) is 19.2 Å². The van der Waals surface area contributed by atoms with Crippen LogP contribution in [-0.4, -0.2) is 54.8 Å². The van der Waals surface area contributed by atoms with Crippen molar-refractivity contribution in [2.75, 3.05) is 13.1 Å². The number of aliphatic hydroxyl groups is 1. The predicted molar refractivity (Wildman–Crippen MR) is 87.0 cm³/mol. The highest BCUT2D eigenvalue weighted by Gasteiger charge is 2.53. The van der Waals surface area contributed by atoms with E-state index in [0.717, 1.165) is 18.4 Å². The molecular weight excluding hydrogens is 306 g/mol. The van der Waals surface area contributed by atoms with E-state index < -0.39 is 5.60 Å². The lowest BCUT2D eigenvalue weighted by molar-refractivity contribution is -0.00364. The largest absolute Gasteiger partial charge is 0.387 e. The molecule has 1 saturated heterocycles. The van der Waals surface area contributed by atoms with Crippen molar-refractivity contribution in [3.05, 3.63) is 29.8 Å². The van der Waals surface area contributed by atoms with Gasteiger partial charge >= 0.3 is 0 Å². The summed E-state index contributed by atoms with van der Waals surface area (Å²) < 4.78 is 0. The van der Waals surface area contributed by atoms with Crippen molar-refractivity contribution >= 4 is 5.91 Å². The van der Waals surface area contributed by atoms with E-state index >= 15 is 0 Å². The zero-order valence-electron chi connectivity index (χ0n) is 13.9. The summed E-state index contributed by atoms with van der Waals surface area (Å²) in [7, 11) is 1.71. The zero-order chi connectivity index (χ0) is 16.9. The number of carbonyl (C=O) groups is 1.